The summed E-state index contributed by atoms with van der Waals surface area (Å²) in [5.41, 5.74) is 1.34. The molecule has 0 fully saturated rings. The number of nitrogens with zero attached hydrogens (tertiary/aromatic N) is 3. The van der Waals surface area contributed by atoms with Gasteiger partial charge in [-0.25, -0.2) is 4.68 Å². The van der Waals surface area contributed by atoms with Gasteiger partial charge in [0.2, 0.25) is 11.1 Å². The molecule has 146 valence electrons. The zero-order valence-electron chi connectivity index (χ0n) is 15.2. The number of carbonyl (C=O) groups is 1. The number of halogens is 1. The monoisotopic (exact) mass is 419 g/mol. The smallest absolute Gasteiger partial charge is 0.234 e. The fourth-order valence-electron chi connectivity index (χ4n) is 2.38. The number of carbonyl (C=O) groups excluding carboxylic acids is 1. The molecule has 0 aliphatic rings. The van der Waals surface area contributed by atoms with Crippen molar-refractivity contribution in [3.05, 3.63) is 47.5 Å². The fourth-order valence-corrected chi connectivity index (χ4v) is 3.16. The van der Waals surface area contributed by atoms with E-state index in [9.17, 15) is 4.79 Å². The third kappa shape index (κ3) is 4.68. The molecule has 3 N–H and O–H groups in total. The lowest BCUT2D eigenvalue weighted by atomic mass is 10.2. The van der Waals surface area contributed by atoms with Gasteiger partial charge in [-0.2, -0.15) is 0 Å². The molecular weight excluding hydrogens is 402 g/mol. The Balaban J connectivity index is 1.64. The maximum Gasteiger partial charge on any atom is 0.234 e. The molecule has 28 heavy (non-hydrogen) atoms. The summed E-state index contributed by atoms with van der Waals surface area (Å²) in [6, 6.07) is 12.2. The molecule has 1 heterocycles. The maximum atomic E-state index is 12.3. The largest absolute Gasteiger partial charge is 0.497 e. The second kappa shape index (κ2) is 8.85. The third-order valence-corrected chi connectivity index (χ3v) is 4.93. The van der Waals surface area contributed by atoms with Crippen molar-refractivity contribution in [2.45, 2.75) is 5.16 Å². The van der Waals surface area contributed by atoms with Gasteiger partial charge in [-0.05, 0) is 24.3 Å². The van der Waals surface area contributed by atoms with Crippen LogP contribution < -0.4 is 20.6 Å². The lowest BCUT2D eigenvalue weighted by Gasteiger charge is -2.09. The number of nitrogens with two attached hydrogens (primary N) is 1. The number of nitrogen functional groups attached to an aromatic ring is 1. The molecule has 0 atom stereocenters. The number of anilines is 1. The first-order valence-corrected chi connectivity index (χ1v) is 9.48. The molecule has 0 unspecified atom stereocenters. The van der Waals surface area contributed by atoms with Gasteiger partial charge in [0.05, 0.1) is 20.0 Å². The fraction of sp³-hybridized carbons (Fsp3) is 0.167. The Morgan fingerprint density at radius 1 is 1.14 bits per heavy atom. The molecule has 2 aromatic carbocycles. The van der Waals surface area contributed by atoms with Crippen LogP contribution in [0, 0.1) is 0 Å². The Hall–Kier alpha value is -2.91. The minimum atomic E-state index is -0.226. The molecule has 0 aliphatic heterocycles. The first-order valence-electron chi connectivity index (χ1n) is 8.12. The number of aromatic nitrogens is 3. The molecule has 3 aromatic rings. The quantitative estimate of drug-likeness (QED) is 0.448. The summed E-state index contributed by atoms with van der Waals surface area (Å²) in [5, 5.41) is 12.0. The van der Waals surface area contributed by atoms with Crippen molar-refractivity contribution in [2.75, 3.05) is 31.1 Å². The van der Waals surface area contributed by atoms with Gasteiger partial charge in [0, 0.05) is 34.5 Å². The van der Waals surface area contributed by atoms with Crippen LogP contribution in [-0.2, 0) is 4.79 Å². The molecule has 1 aromatic heterocycles. The number of rotatable bonds is 7. The van der Waals surface area contributed by atoms with Crippen molar-refractivity contribution in [3.8, 4) is 22.9 Å². The predicted octanol–water partition coefficient (Wildman–Crippen LogP) is 3.06. The van der Waals surface area contributed by atoms with Gasteiger partial charge in [0.25, 0.3) is 0 Å². The molecule has 10 heteroatoms. The first-order chi connectivity index (χ1) is 13.5. The summed E-state index contributed by atoms with van der Waals surface area (Å²) in [6.07, 6.45) is 0. The van der Waals surface area contributed by atoms with Gasteiger partial charge in [-0.1, -0.05) is 23.4 Å². The molecule has 0 saturated heterocycles. The number of hydrogen-bond acceptors (Lipinski definition) is 7. The minimum absolute atomic E-state index is 0.107. The van der Waals surface area contributed by atoms with Crippen LogP contribution in [0.25, 0.3) is 11.4 Å². The normalized spacial score (nSPS) is 10.5. The Morgan fingerprint density at radius 3 is 2.39 bits per heavy atom. The van der Waals surface area contributed by atoms with Crippen molar-refractivity contribution in [1.29, 1.82) is 0 Å². The first kappa shape index (κ1) is 19.8. The van der Waals surface area contributed by atoms with Crippen molar-refractivity contribution < 1.29 is 14.3 Å². The van der Waals surface area contributed by atoms with Crippen LogP contribution in [0.1, 0.15) is 0 Å². The highest BCUT2D eigenvalue weighted by atomic mass is 35.5. The third-order valence-electron chi connectivity index (χ3n) is 3.73. The van der Waals surface area contributed by atoms with Crippen LogP contribution >= 0.6 is 23.4 Å². The Bertz CT molecular complexity index is 956. The molecule has 0 saturated carbocycles. The molecule has 0 aliphatic carbocycles. The average molecular weight is 420 g/mol. The zero-order chi connectivity index (χ0) is 20.1. The molecule has 0 radical (unpaired) electrons. The van der Waals surface area contributed by atoms with E-state index in [0.717, 1.165) is 5.56 Å². The molecule has 1 amide bonds. The molecule has 0 bridgehead atoms. The standard InChI is InChI=1S/C18H18ClN5O3S/c1-26-14-7-13(8-15(9-14)27-2)21-16(25)10-28-18-23-22-17(24(18)20)11-3-5-12(19)6-4-11/h3-9H,10,20H2,1-2H3,(H,21,25). The number of methoxy groups -OCH3 is 2. The lowest BCUT2D eigenvalue weighted by molar-refractivity contribution is -0.113. The van der Waals surface area contributed by atoms with Gasteiger partial charge in [0.1, 0.15) is 11.5 Å². The second-order valence-corrected chi connectivity index (χ2v) is 7.00. The van der Waals surface area contributed by atoms with Crippen LogP contribution in [0.4, 0.5) is 5.69 Å². The highest BCUT2D eigenvalue weighted by Crippen LogP contribution is 2.26. The van der Waals surface area contributed by atoms with Crippen LogP contribution in [0.5, 0.6) is 11.5 Å². The van der Waals surface area contributed by atoms with E-state index in [4.69, 9.17) is 26.9 Å². The van der Waals surface area contributed by atoms with E-state index < -0.39 is 0 Å². The van der Waals surface area contributed by atoms with E-state index in [1.165, 1.54) is 16.4 Å². The van der Waals surface area contributed by atoms with E-state index in [1.807, 2.05) is 0 Å². The highest BCUT2D eigenvalue weighted by molar-refractivity contribution is 7.99. The van der Waals surface area contributed by atoms with Gasteiger partial charge >= 0.3 is 0 Å². The van der Waals surface area contributed by atoms with Crippen LogP contribution in [0.2, 0.25) is 5.02 Å². The summed E-state index contributed by atoms with van der Waals surface area (Å²) in [5.74, 6) is 7.59. The Morgan fingerprint density at radius 2 is 1.79 bits per heavy atom. The molecule has 8 nitrogen and oxygen atoms in total. The van der Waals surface area contributed by atoms with Gasteiger partial charge in [-0.3, -0.25) is 4.79 Å². The van der Waals surface area contributed by atoms with Gasteiger partial charge in [-0.15, -0.1) is 10.2 Å². The topological polar surface area (TPSA) is 104 Å². The number of amides is 1. The van der Waals surface area contributed by atoms with Crippen molar-refractivity contribution >= 4 is 35.0 Å². The van der Waals surface area contributed by atoms with Crippen molar-refractivity contribution in [1.82, 2.24) is 14.9 Å². The number of benzene rings is 2. The van der Waals surface area contributed by atoms with Crippen LogP contribution in [-0.4, -0.2) is 40.8 Å². The van der Waals surface area contributed by atoms with Crippen LogP contribution in [0.15, 0.2) is 47.6 Å². The van der Waals surface area contributed by atoms with E-state index in [2.05, 4.69) is 15.5 Å². The number of nitrogens with one attached hydrogen (secondary N) is 1. The van der Waals surface area contributed by atoms with Crippen molar-refractivity contribution in [3.63, 3.8) is 0 Å². The zero-order valence-corrected chi connectivity index (χ0v) is 16.8. The summed E-state index contributed by atoms with van der Waals surface area (Å²) in [6.45, 7) is 0. The summed E-state index contributed by atoms with van der Waals surface area (Å²) < 4.78 is 11.7. The minimum Gasteiger partial charge on any atom is -0.497 e. The SMILES string of the molecule is COc1cc(NC(=O)CSc2nnc(-c3ccc(Cl)cc3)n2N)cc(OC)c1. The Labute approximate surface area is 171 Å². The second-order valence-electron chi connectivity index (χ2n) is 5.62. The summed E-state index contributed by atoms with van der Waals surface area (Å²) >= 11 is 7.07. The Kier molecular flexibility index (Phi) is 6.27. The maximum absolute atomic E-state index is 12.3. The predicted molar refractivity (Wildman–Crippen MR) is 110 cm³/mol. The molecule has 0 spiro atoms. The van der Waals surface area contributed by atoms with E-state index in [-0.39, 0.29) is 11.7 Å². The molecular formula is C18H18ClN5O3S. The highest BCUT2D eigenvalue weighted by Gasteiger charge is 2.14. The van der Waals surface area contributed by atoms with E-state index in [1.54, 1.807) is 56.7 Å². The molecule has 3 rings (SSSR count). The lowest BCUT2D eigenvalue weighted by Crippen LogP contribution is -2.16. The van der Waals surface area contributed by atoms with E-state index >= 15 is 0 Å². The summed E-state index contributed by atoms with van der Waals surface area (Å²) in [4.78, 5) is 12.3. The summed E-state index contributed by atoms with van der Waals surface area (Å²) in [7, 11) is 3.09. The average Bonchev–Trinajstić information content (AvgIpc) is 3.07. The van der Waals surface area contributed by atoms with E-state index in [0.29, 0.717) is 33.2 Å². The van der Waals surface area contributed by atoms with Crippen molar-refractivity contribution in [2.24, 2.45) is 0 Å². The number of ether oxygens (including phenoxy) is 2. The van der Waals surface area contributed by atoms with Crippen LogP contribution in [0.3, 0.4) is 0 Å². The number of hydrogen-bond donors (Lipinski definition) is 2. The number of thioether (sulfide) groups is 1. The van der Waals surface area contributed by atoms with Gasteiger partial charge in [0.15, 0.2) is 5.82 Å². The van der Waals surface area contributed by atoms with Gasteiger partial charge < -0.3 is 20.6 Å².